The van der Waals surface area contributed by atoms with E-state index in [9.17, 15) is 18.7 Å². The van der Waals surface area contributed by atoms with E-state index in [0.717, 1.165) is 25.3 Å². The number of ether oxygens (including phenoxy) is 2. The van der Waals surface area contributed by atoms with Crippen molar-refractivity contribution in [3.05, 3.63) is 23.8 Å². The van der Waals surface area contributed by atoms with E-state index in [1.807, 2.05) is 0 Å². The first-order valence-electron chi connectivity index (χ1n) is 4.27. The first-order valence-corrected chi connectivity index (χ1v) is 4.27. The summed E-state index contributed by atoms with van der Waals surface area (Å²) >= 11 is 0. The van der Waals surface area contributed by atoms with Gasteiger partial charge in [-0.25, -0.2) is 4.79 Å². The highest BCUT2D eigenvalue weighted by atomic mass is 19.3. The predicted molar refractivity (Wildman–Crippen MR) is 50.6 cm³/mol. The maximum absolute atomic E-state index is 13.3. The van der Waals surface area contributed by atoms with Gasteiger partial charge in [0.1, 0.15) is 0 Å². The van der Waals surface area contributed by atoms with Crippen molar-refractivity contribution in [2.24, 2.45) is 0 Å². The second-order valence-electron chi connectivity index (χ2n) is 2.95. The minimum absolute atomic E-state index is 0.0458. The Bertz CT molecular complexity index is 404. The highest BCUT2D eigenvalue weighted by Crippen LogP contribution is 2.35. The molecule has 0 amide bonds. The van der Waals surface area contributed by atoms with Crippen molar-refractivity contribution >= 4 is 5.97 Å². The lowest BCUT2D eigenvalue weighted by atomic mass is 10.1. The van der Waals surface area contributed by atoms with Crippen LogP contribution in [0, 0.1) is 0 Å². The first kappa shape index (κ1) is 12.2. The molecule has 0 saturated heterocycles. The summed E-state index contributed by atoms with van der Waals surface area (Å²) in [6.07, 6.45) is 0. The highest BCUT2D eigenvalue weighted by molar-refractivity contribution is 5.79. The lowest BCUT2D eigenvalue weighted by molar-refractivity contribution is -0.170. The fraction of sp³-hybridized carbons (Fsp3) is 0.300. The second kappa shape index (κ2) is 4.34. The van der Waals surface area contributed by atoms with Gasteiger partial charge in [-0.15, -0.1) is 0 Å². The molecule has 0 spiro atoms. The molecule has 0 aromatic heterocycles. The minimum atomic E-state index is -3.79. The van der Waals surface area contributed by atoms with Crippen LogP contribution in [0.5, 0.6) is 11.5 Å². The maximum atomic E-state index is 13.3. The maximum Gasteiger partial charge on any atom is 0.381 e. The van der Waals surface area contributed by atoms with Gasteiger partial charge in [0.15, 0.2) is 11.5 Å². The van der Waals surface area contributed by atoms with Crippen LogP contribution in [0.15, 0.2) is 18.2 Å². The molecule has 4 nitrogen and oxygen atoms in total. The molecule has 0 bridgehead atoms. The molecule has 0 saturated carbocycles. The number of halogens is 2. The van der Waals surface area contributed by atoms with E-state index in [1.54, 1.807) is 0 Å². The van der Waals surface area contributed by atoms with Crippen LogP contribution in [0.2, 0.25) is 0 Å². The summed E-state index contributed by atoms with van der Waals surface area (Å²) in [7, 11) is 2.15. The molecule has 0 fully saturated rings. The SMILES string of the molecule is COC(=O)C(F)(F)c1ccc(OC)c(O)c1. The second-order valence-corrected chi connectivity index (χ2v) is 2.95. The number of rotatable bonds is 3. The van der Waals surface area contributed by atoms with Crippen LogP contribution in [0.4, 0.5) is 8.78 Å². The Kier molecular flexibility index (Phi) is 3.31. The summed E-state index contributed by atoms with van der Waals surface area (Å²) in [6, 6.07) is 2.88. The van der Waals surface area contributed by atoms with Crippen molar-refractivity contribution < 1.29 is 28.2 Å². The van der Waals surface area contributed by atoms with Gasteiger partial charge in [0.2, 0.25) is 0 Å². The Morgan fingerprint density at radius 3 is 2.44 bits per heavy atom. The molecule has 6 heteroatoms. The van der Waals surface area contributed by atoms with Gasteiger partial charge in [0.05, 0.1) is 14.2 Å². The van der Waals surface area contributed by atoms with E-state index >= 15 is 0 Å². The molecule has 1 N–H and O–H groups in total. The smallest absolute Gasteiger partial charge is 0.381 e. The first-order chi connectivity index (χ1) is 7.43. The molecule has 0 aliphatic rings. The molecular weight excluding hydrogens is 222 g/mol. The topological polar surface area (TPSA) is 55.8 Å². The van der Waals surface area contributed by atoms with E-state index in [1.165, 1.54) is 7.11 Å². The zero-order valence-corrected chi connectivity index (χ0v) is 8.66. The van der Waals surface area contributed by atoms with Crippen LogP contribution in [0.1, 0.15) is 5.56 Å². The molecule has 16 heavy (non-hydrogen) atoms. The third kappa shape index (κ3) is 2.05. The molecule has 1 aromatic carbocycles. The van der Waals surface area contributed by atoms with E-state index in [4.69, 9.17) is 0 Å². The Morgan fingerprint density at radius 1 is 1.38 bits per heavy atom. The van der Waals surface area contributed by atoms with Gasteiger partial charge in [0.25, 0.3) is 0 Å². The monoisotopic (exact) mass is 232 g/mol. The minimum Gasteiger partial charge on any atom is -0.504 e. The van der Waals surface area contributed by atoms with Crippen LogP contribution in [-0.4, -0.2) is 25.3 Å². The molecule has 0 radical (unpaired) electrons. The van der Waals surface area contributed by atoms with E-state index < -0.39 is 23.2 Å². The summed E-state index contributed by atoms with van der Waals surface area (Å²) < 4.78 is 35.3. The summed E-state index contributed by atoms with van der Waals surface area (Å²) in [5, 5.41) is 9.30. The largest absolute Gasteiger partial charge is 0.504 e. The average molecular weight is 232 g/mol. The third-order valence-electron chi connectivity index (χ3n) is 1.98. The van der Waals surface area contributed by atoms with Gasteiger partial charge in [0, 0.05) is 5.56 Å². The Hall–Kier alpha value is -1.85. The number of benzene rings is 1. The number of phenolic OH excluding ortho intramolecular Hbond substituents is 1. The lowest BCUT2D eigenvalue weighted by Crippen LogP contribution is -2.27. The van der Waals surface area contributed by atoms with Crippen molar-refractivity contribution in [1.82, 2.24) is 0 Å². The van der Waals surface area contributed by atoms with Crippen molar-refractivity contribution in [2.75, 3.05) is 14.2 Å². The van der Waals surface area contributed by atoms with Crippen molar-refractivity contribution in [1.29, 1.82) is 0 Å². The molecule has 88 valence electrons. The zero-order chi connectivity index (χ0) is 12.3. The molecular formula is C10H10F2O4. The fourth-order valence-electron chi connectivity index (χ4n) is 1.13. The normalized spacial score (nSPS) is 11.0. The van der Waals surface area contributed by atoms with Crippen LogP contribution < -0.4 is 4.74 Å². The number of hydrogen-bond donors (Lipinski definition) is 1. The predicted octanol–water partition coefficient (Wildman–Crippen LogP) is 1.67. The van der Waals surface area contributed by atoms with Crippen LogP contribution in [0.25, 0.3) is 0 Å². The summed E-state index contributed by atoms with van der Waals surface area (Å²) in [6.45, 7) is 0. The third-order valence-corrected chi connectivity index (χ3v) is 1.98. The van der Waals surface area contributed by atoms with Crippen molar-refractivity contribution in [3.8, 4) is 11.5 Å². The Labute approximate surface area is 90.4 Å². The van der Waals surface area contributed by atoms with Gasteiger partial charge in [-0.3, -0.25) is 0 Å². The van der Waals surface area contributed by atoms with E-state index in [2.05, 4.69) is 9.47 Å². The summed E-state index contributed by atoms with van der Waals surface area (Å²) in [4.78, 5) is 10.8. The van der Waals surface area contributed by atoms with E-state index in [-0.39, 0.29) is 5.75 Å². The molecule has 1 rings (SSSR count). The Morgan fingerprint density at radius 2 is 2.00 bits per heavy atom. The van der Waals surface area contributed by atoms with Crippen LogP contribution >= 0.6 is 0 Å². The van der Waals surface area contributed by atoms with Gasteiger partial charge in [-0.1, -0.05) is 0 Å². The average Bonchev–Trinajstić information content (AvgIpc) is 2.27. The molecule has 0 heterocycles. The lowest BCUT2D eigenvalue weighted by Gasteiger charge is -2.14. The van der Waals surface area contributed by atoms with Gasteiger partial charge < -0.3 is 14.6 Å². The van der Waals surface area contributed by atoms with Gasteiger partial charge >= 0.3 is 11.9 Å². The quantitative estimate of drug-likeness (QED) is 0.805. The number of esters is 1. The number of hydrogen-bond acceptors (Lipinski definition) is 4. The van der Waals surface area contributed by atoms with E-state index in [0.29, 0.717) is 0 Å². The number of carbonyl (C=O) groups is 1. The van der Waals surface area contributed by atoms with Crippen LogP contribution in [-0.2, 0) is 15.5 Å². The molecule has 0 atom stereocenters. The number of phenols is 1. The van der Waals surface area contributed by atoms with Crippen molar-refractivity contribution in [2.45, 2.75) is 5.92 Å². The molecule has 0 aliphatic carbocycles. The van der Waals surface area contributed by atoms with Gasteiger partial charge in [-0.2, -0.15) is 8.78 Å². The van der Waals surface area contributed by atoms with Crippen LogP contribution in [0.3, 0.4) is 0 Å². The number of aromatic hydroxyl groups is 1. The fourth-order valence-corrected chi connectivity index (χ4v) is 1.13. The van der Waals surface area contributed by atoms with Gasteiger partial charge in [-0.05, 0) is 18.2 Å². The summed E-state index contributed by atoms with van der Waals surface area (Å²) in [5.41, 5.74) is -0.655. The summed E-state index contributed by atoms with van der Waals surface area (Å²) in [5.74, 6) is -5.90. The van der Waals surface area contributed by atoms with Crippen molar-refractivity contribution in [3.63, 3.8) is 0 Å². The number of methoxy groups -OCH3 is 2. The highest BCUT2D eigenvalue weighted by Gasteiger charge is 2.42. The molecule has 0 unspecified atom stereocenters. The zero-order valence-electron chi connectivity index (χ0n) is 8.66. The number of alkyl halides is 2. The Balaban J connectivity index is 3.14. The standard InChI is InChI=1S/C10H10F2O4/c1-15-8-4-3-6(5-7(8)13)10(11,12)9(14)16-2/h3-5,13H,1-2H3. The molecule has 0 aliphatic heterocycles. The number of carbonyl (C=O) groups excluding carboxylic acids is 1. The molecule has 1 aromatic rings.